The van der Waals surface area contributed by atoms with Gasteiger partial charge in [0.15, 0.2) is 0 Å². The van der Waals surface area contributed by atoms with E-state index in [1.54, 1.807) is 43.4 Å². The molecule has 0 aromatic heterocycles. The fourth-order valence-electron chi connectivity index (χ4n) is 6.05. The molecule has 0 aliphatic heterocycles. The van der Waals surface area contributed by atoms with E-state index in [2.05, 4.69) is 0 Å². The van der Waals surface area contributed by atoms with Crippen LogP contribution in [0.4, 0.5) is 11.4 Å². The SMILES string of the molecule is CC.CC.CN(CCCN(CC(=O)O)S(=O)(=O)c1cccc2c(N(C)C)cccc12)CCCN(CC(=O)O)S(=O)(=O)c1cccc2c(N(C)C)cccc12. The lowest BCUT2D eigenvalue weighted by Gasteiger charge is -2.25. The molecular weight excluding hydrogens is 731 g/mol. The molecule has 0 heterocycles. The highest BCUT2D eigenvalue weighted by Crippen LogP contribution is 2.33. The third-order valence-corrected chi connectivity index (χ3v) is 12.2. The molecule has 0 unspecified atom stereocenters. The van der Waals surface area contributed by atoms with E-state index in [1.807, 2.05) is 94.9 Å². The molecule has 0 fully saturated rings. The predicted molar refractivity (Wildman–Crippen MR) is 219 cm³/mol. The smallest absolute Gasteiger partial charge is 0.318 e. The number of anilines is 2. The van der Waals surface area contributed by atoms with E-state index in [-0.39, 0.29) is 22.9 Å². The average molecular weight is 788 g/mol. The predicted octanol–water partition coefficient (Wildman–Crippen LogP) is 5.74. The normalized spacial score (nSPS) is 11.6. The van der Waals surface area contributed by atoms with Gasteiger partial charge in [-0.2, -0.15) is 8.61 Å². The van der Waals surface area contributed by atoms with Gasteiger partial charge in [-0.15, -0.1) is 0 Å². The molecule has 0 spiro atoms. The number of hydrogen-bond acceptors (Lipinski definition) is 9. The number of nitrogens with zero attached hydrogens (tertiary/aromatic N) is 5. The van der Waals surface area contributed by atoms with Crippen LogP contribution in [0.2, 0.25) is 0 Å². The van der Waals surface area contributed by atoms with Crippen molar-refractivity contribution in [3.05, 3.63) is 72.8 Å². The molecule has 0 saturated carbocycles. The lowest BCUT2D eigenvalue weighted by Crippen LogP contribution is -2.39. The maximum absolute atomic E-state index is 13.8. The zero-order chi connectivity index (χ0) is 40.8. The molecule has 298 valence electrons. The molecule has 15 heteroatoms. The van der Waals surface area contributed by atoms with E-state index < -0.39 is 45.1 Å². The Bertz CT molecular complexity index is 1930. The Kier molecular flexibility index (Phi) is 17.8. The molecule has 0 aliphatic rings. The maximum atomic E-state index is 13.8. The zero-order valence-corrected chi connectivity index (χ0v) is 34.6. The van der Waals surface area contributed by atoms with Gasteiger partial charge >= 0.3 is 11.9 Å². The number of fused-ring (bicyclic) bond motifs is 2. The van der Waals surface area contributed by atoms with Gasteiger partial charge in [0, 0.05) is 74.2 Å². The highest BCUT2D eigenvalue weighted by Gasteiger charge is 2.30. The molecule has 13 nitrogen and oxygen atoms in total. The lowest BCUT2D eigenvalue weighted by atomic mass is 10.1. The number of benzene rings is 4. The Morgan fingerprint density at radius 1 is 0.500 bits per heavy atom. The first kappa shape index (κ1) is 45.9. The van der Waals surface area contributed by atoms with Crippen LogP contribution in [0, 0.1) is 0 Å². The van der Waals surface area contributed by atoms with Gasteiger partial charge in [-0.05, 0) is 57.2 Å². The molecule has 0 bridgehead atoms. The second-order valence-corrected chi connectivity index (χ2v) is 16.3. The molecule has 2 N–H and O–H groups in total. The summed E-state index contributed by atoms with van der Waals surface area (Å²) in [5, 5.41) is 21.6. The quantitative estimate of drug-likeness (QED) is 0.127. The summed E-state index contributed by atoms with van der Waals surface area (Å²) in [5.74, 6) is -2.56. The number of rotatable bonds is 18. The molecular formula is C39H57N5O8S2. The van der Waals surface area contributed by atoms with Gasteiger partial charge in [0.2, 0.25) is 20.0 Å². The second kappa shape index (κ2) is 21.0. The summed E-state index contributed by atoms with van der Waals surface area (Å²) >= 11 is 0. The minimum atomic E-state index is -4.19. The first-order chi connectivity index (χ1) is 25.5. The number of carbonyl (C=O) groups is 2. The Morgan fingerprint density at radius 2 is 0.815 bits per heavy atom. The van der Waals surface area contributed by atoms with Crippen LogP contribution in [0.5, 0.6) is 0 Å². The number of aliphatic carboxylic acids is 2. The topological polar surface area (TPSA) is 159 Å². The molecule has 4 aromatic rings. The monoisotopic (exact) mass is 787 g/mol. The zero-order valence-electron chi connectivity index (χ0n) is 33.0. The van der Waals surface area contributed by atoms with Crippen molar-refractivity contribution in [3.8, 4) is 0 Å². The van der Waals surface area contributed by atoms with Crippen molar-refractivity contribution in [3.63, 3.8) is 0 Å². The van der Waals surface area contributed by atoms with Gasteiger partial charge in [0.25, 0.3) is 0 Å². The maximum Gasteiger partial charge on any atom is 0.318 e. The van der Waals surface area contributed by atoms with Crippen molar-refractivity contribution < 1.29 is 36.6 Å². The lowest BCUT2D eigenvalue weighted by molar-refractivity contribution is -0.138. The highest BCUT2D eigenvalue weighted by molar-refractivity contribution is 7.89. The van der Waals surface area contributed by atoms with Gasteiger partial charge < -0.3 is 24.9 Å². The summed E-state index contributed by atoms with van der Waals surface area (Å²) in [7, 11) is 0.850. The number of carboxylic acid groups (broad SMARTS) is 2. The Hall–Kier alpha value is -4.28. The van der Waals surface area contributed by atoms with E-state index in [0.29, 0.717) is 36.7 Å². The van der Waals surface area contributed by atoms with Crippen molar-refractivity contribution in [1.82, 2.24) is 13.5 Å². The van der Waals surface area contributed by atoms with Crippen LogP contribution in [0.3, 0.4) is 0 Å². The minimum absolute atomic E-state index is 0.0252. The van der Waals surface area contributed by atoms with Crippen LogP contribution >= 0.6 is 0 Å². The molecule has 0 saturated heterocycles. The highest BCUT2D eigenvalue weighted by atomic mass is 32.2. The molecule has 4 rings (SSSR count). The van der Waals surface area contributed by atoms with E-state index in [0.717, 1.165) is 30.8 Å². The third kappa shape index (κ3) is 11.4. The van der Waals surface area contributed by atoms with Crippen molar-refractivity contribution in [2.45, 2.75) is 50.3 Å². The van der Waals surface area contributed by atoms with E-state index >= 15 is 0 Å². The standard InChI is InChI=1S/C35H45N5O8S2.2C2H6/c1-36(2)30-16-6-14-28-26(30)12-8-18-32(28)49(45,46)39(24-34(41)42)22-10-20-38(5)21-11-23-40(25-35(43)44)50(47,48)33-19-9-13-27-29(33)15-7-17-31(27)37(3)4;2*1-2/h6-9,12-19H,10-11,20-25H2,1-5H3,(H,41,42)(H,43,44);2*1-2H3. The first-order valence-electron chi connectivity index (χ1n) is 18.1. The number of sulfonamides is 2. The summed E-state index contributed by atoms with van der Waals surface area (Å²) in [6.45, 7) is 7.24. The average Bonchev–Trinajstić information content (AvgIpc) is 3.14. The largest absolute Gasteiger partial charge is 0.480 e. The van der Waals surface area contributed by atoms with E-state index in [1.165, 1.54) is 12.1 Å². The molecule has 54 heavy (non-hydrogen) atoms. The summed E-state index contributed by atoms with van der Waals surface area (Å²) in [4.78, 5) is 29.2. The molecule has 0 aliphatic carbocycles. The van der Waals surface area contributed by atoms with Gasteiger partial charge in [0.1, 0.15) is 13.1 Å². The summed E-state index contributed by atoms with van der Waals surface area (Å²) in [6, 6.07) is 20.6. The van der Waals surface area contributed by atoms with Gasteiger partial charge in [-0.1, -0.05) is 76.2 Å². The fraction of sp³-hybridized carbons (Fsp3) is 0.436. The van der Waals surface area contributed by atoms with E-state index in [9.17, 15) is 36.6 Å². The molecule has 0 atom stereocenters. The van der Waals surface area contributed by atoms with Crippen LogP contribution in [0.15, 0.2) is 82.6 Å². The van der Waals surface area contributed by atoms with Gasteiger partial charge in [-0.25, -0.2) is 16.8 Å². The van der Waals surface area contributed by atoms with Crippen LogP contribution in [0.1, 0.15) is 40.5 Å². The van der Waals surface area contributed by atoms with Crippen LogP contribution in [-0.4, -0.2) is 127 Å². The Morgan fingerprint density at radius 3 is 1.13 bits per heavy atom. The summed E-state index contributed by atoms with van der Waals surface area (Å²) in [5.41, 5.74) is 1.66. The van der Waals surface area contributed by atoms with Crippen LogP contribution in [-0.2, 0) is 29.6 Å². The van der Waals surface area contributed by atoms with Crippen molar-refractivity contribution >= 4 is 64.9 Å². The molecule has 4 aromatic carbocycles. The van der Waals surface area contributed by atoms with Gasteiger partial charge in [0.05, 0.1) is 9.79 Å². The molecule has 0 radical (unpaired) electrons. The minimum Gasteiger partial charge on any atom is -0.480 e. The summed E-state index contributed by atoms with van der Waals surface area (Å²) in [6.07, 6.45) is 0.607. The van der Waals surface area contributed by atoms with Crippen LogP contribution in [0.25, 0.3) is 21.5 Å². The second-order valence-electron chi connectivity index (χ2n) is 12.5. The van der Waals surface area contributed by atoms with Crippen molar-refractivity contribution in [1.29, 1.82) is 0 Å². The fourth-order valence-corrected chi connectivity index (χ4v) is 9.32. The number of carboxylic acids is 2. The number of hydrogen-bond donors (Lipinski definition) is 2. The Balaban J connectivity index is 0.00000244. The van der Waals surface area contributed by atoms with Crippen LogP contribution < -0.4 is 9.80 Å². The summed E-state index contributed by atoms with van der Waals surface area (Å²) < 4.78 is 57.3. The third-order valence-electron chi connectivity index (χ3n) is 8.44. The van der Waals surface area contributed by atoms with Crippen molar-refractivity contribution in [2.75, 3.05) is 84.3 Å². The van der Waals surface area contributed by atoms with E-state index in [4.69, 9.17) is 0 Å². The van der Waals surface area contributed by atoms with Gasteiger partial charge in [-0.3, -0.25) is 9.59 Å². The first-order valence-corrected chi connectivity index (χ1v) is 20.9. The molecule has 0 amide bonds. The Labute approximate surface area is 321 Å². The van der Waals surface area contributed by atoms with Crippen molar-refractivity contribution in [2.24, 2.45) is 0 Å².